The van der Waals surface area contributed by atoms with Crippen molar-refractivity contribution in [3.05, 3.63) is 42.3 Å². The minimum absolute atomic E-state index is 0.426. The average Bonchev–Trinajstić information content (AvgIpc) is 3.18. The van der Waals surface area contributed by atoms with Crippen LogP contribution in [0, 0.1) is 0 Å². The van der Waals surface area contributed by atoms with E-state index in [2.05, 4.69) is 44.9 Å². The van der Waals surface area contributed by atoms with Crippen molar-refractivity contribution in [2.24, 2.45) is 7.05 Å². The van der Waals surface area contributed by atoms with E-state index in [1.165, 1.54) is 11.9 Å². The van der Waals surface area contributed by atoms with E-state index in [9.17, 15) is 0 Å². The molecular formula is C16H19N5O. The van der Waals surface area contributed by atoms with Crippen molar-refractivity contribution < 1.29 is 4.52 Å². The molecule has 6 heteroatoms. The SMILES string of the molecule is Cn1c(CN2CCC(c3ncon3)CC2)nc2ccccc21. The molecule has 1 aliphatic rings. The predicted octanol–water partition coefficient (Wildman–Crippen LogP) is 2.34. The molecule has 6 nitrogen and oxygen atoms in total. The third-order valence-electron chi connectivity index (χ3n) is 4.58. The first-order valence-electron chi connectivity index (χ1n) is 7.70. The third-order valence-corrected chi connectivity index (χ3v) is 4.58. The van der Waals surface area contributed by atoms with Crippen molar-refractivity contribution in [2.75, 3.05) is 13.1 Å². The Morgan fingerprint density at radius 2 is 2.05 bits per heavy atom. The number of benzene rings is 1. The first-order valence-corrected chi connectivity index (χ1v) is 7.70. The van der Waals surface area contributed by atoms with E-state index in [0.717, 1.165) is 49.6 Å². The molecule has 0 bridgehead atoms. The lowest BCUT2D eigenvalue weighted by Gasteiger charge is -2.30. The Balaban J connectivity index is 1.45. The summed E-state index contributed by atoms with van der Waals surface area (Å²) in [7, 11) is 2.09. The second-order valence-corrected chi connectivity index (χ2v) is 5.92. The number of aryl methyl sites for hydroxylation is 1. The van der Waals surface area contributed by atoms with Crippen LogP contribution >= 0.6 is 0 Å². The normalized spacial score (nSPS) is 17.3. The number of hydrogen-bond acceptors (Lipinski definition) is 5. The zero-order valence-electron chi connectivity index (χ0n) is 12.6. The van der Waals surface area contributed by atoms with Crippen LogP contribution in [0.3, 0.4) is 0 Å². The molecule has 22 heavy (non-hydrogen) atoms. The minimum atomic E-state index is 0.426. The molecule has 1 aliphatic heterocycles. The fourth-order valence-corrected chi connectivity index (χ4v) is 3.24. The first kappa shape index (κ1) is 13.5. The molecule has 0 aliphatic carbocycles. The zero-order chi connectivity index (χ0) is 14.9. The number of likely N-dealkylation sites (tertiary alicyclic amines) is 1. The number of fused-ring (bicyclic) bond motifs is 1. The number of aromatic nitrogens is 4. The summed E-state index contributed by atoms with van der Waals surface area (Å²) in [6, 6.07) is 8.29. The van der Waals surface area contributed by atoms with Gasteiger partial charge in [-0.15, -0.1) is 0 Å². The van der Waals surface area contributed by atoms with E-state index in [1.54, 1.807) is 0 Å². The monoisotopic (exact) mass is 297 g/mol. The molecule has 0 N–H and O–H groups in total. The van der Waals surface area contributed by atoms with Crippen molar-refractivity contribution in [2.45, 2.75) is 25.3 Å². The zero-order valence-corrected chi connectivity index (χ0v) is 12.6. The van der Waals surface area contributed by atoms with Gasteiger partial charge in [0.2, 0.25) is 6.39 Å². The molecule has 4 rings (SSSR count). The summed E-state index contributed by atoms with van der Waals surface area (Å²) >= 11 is 0. The molecule has 0 atom stereocenters. The highest BCUT2D eigenvalue weighted by atomic mass is 16.5. The maximum atomic E-state index is 4.85. The van der Waals surface area contributed by atoms with Crippen LogP contribution in [0.2, 0.25) is 0 Å². The van der Waals surface area contributed by atoms with Gasteiger partial charge in [-0.2, -0.15) is 4.98 Å². The van der Waals surface area contributed by atoms with Crippen LogP contribution in [-0.2, 0) is 13.6 Å². The van der Waals surface area contributed by atoms with Gasteiger partial charge in [0.25, 0.3) is 0 Å². The standard InChI is InChI=1S/C16H19N5O/c1-20-14-5-3-2-4-13(14)18-15(20)10-21-8-6-12(7-9-21)16-17-11-22-19-16/h2-5,11-12H,6-10H2,1H3. The number of nitrogens with zero attached hydrogens (tertiary/aromatic N) is 5. The van der Waals surface area contributed by atoms with E-state index >= 15 is 0 Å². The predicted molar refractivity (Wildman–Crippen MR) is 82.3 cm³/mol. The molecule has 0 saturated carbocycles. The van der Waals surface area contributed by atoms with Crippen LogP contribution in [0.4, 0.5) is 0 Å². The van der Waals surface area contributed by atoms with Crippen molar-refractivity contribution in [3.63, 3.8) is 0 Å². The lowest BCUT2D eigenvalue weighted by molar-refractivity contribution is 0.194. The van der Waals surface area contributed by atoms with Gasteiger partial charge >= 0.3 is 0 Å². The van der Waals surface area contributed by atoms with Crippen molar-refractivity contribution in [1.82, 2.24) is 24.6 Å². The average molecular weight is 297 g/mol. The van der Waals surface area contributed by atoms with Crippen molar-refractivity contribution in [3.8, 4) is 0 Å². The summed E-state index contributed by atoms with van der Waals surface area (Å²) in [4.78, 5) is 11.4. The molecule has 0 radical (unpaired) electrons. The molecule has 2 aromatic heterocycles. The van der Waals surface area contributed by atoms with E-state index in [1.807, 2.05) is 6.07 Å². The highest BCUT2D eigenvalue weighted by Gasteiger charge is 2.24. The highest BCUT2D eigenvalue weighted by molar-refractivity contribution is 5.75. The Kier molecular flexibility index (Phi) is 3.38. The Labute approximate surface area is 128 Å². The van der Waals surface area contributed by atoms with Crippen LogP contribution in [0.5, 0.6) is 0 Å². The number of imidazole rings is 1. The molecule has 3 aromatic rings. The van der Waals surface area contributed by atoms with Crippen LogP contribution < -0.4 is 0 Å². The van der Waals surface area contributed by atoms with Crippen LogP contribution in [0.15, 0.2) is 35.2 Å². The van der Waals surface area contributed by atoms with Gasteiger partial charge in [-0.3, -0.25) is 4.90 Å². The molecule has 3 heterocycles. The molecule has 114 valence electrons. The van der Waals surface area contributed by atoms with E-state index in [4.69, 9.17) is 9.51 Å². The smallest absolute Gasteiger partial charge is 0.213 e. The molecule has 0 unspecified atom stereocenters. The Hall–Kier alpha value is -2.21. The van der Waals surface area contributed by atoms with Crippen LogP contribution in [0.1, 0.15) is 30.4 Å². The van der Waals surface area contributed by atoms with Crippen LogP contribution in [0.25, 0.3) is 11.0 Å². The van der Waals surface area contributed by atoms with Crippen molar-refractivity contribution >= 4 is 11.0 Å². The second-order valence-electron chi connectivity index (χ2n) is 5.92. The van der Waals surface area contributed by atoms with Gasteiger partial charge in [0.1, 0.15) is 5.82 Å². The van der Waals surface area contributed by atoms with Gasteiger partial charge in [0, 0.05) is 13.0 Å². The van der Waals surface area contributed by atoms with E-state index in [0.29, 0.717) is 5.92 Å². The molecule has 0 amide bonds. The molecule has 0 spiro atoms. The maximum Gasteiger partial charge on any atom is 0.213 e. The Bertz CT molecular complexity index is 756. The first-order chi connectivity index (χ1) is 10.8. The fourth-order valence-electron chi connectivity index (χ4n) is 3.24. The Morgan fingerprint density at radius 1 is 1.23 bits per heavy atom. The van der Waals surface area contributed by atoms with Gasteiger partial charge in [-0.1, -0.05) is 17.3 Å². The van der Waals surface area contributed by atoms with Gasteiger partial charge in [-0.25, -0.2) is 4.98 Å². The number of hydrogen-bond donors (Lipinski definition) is 0. The van der Waals surface area contributed by atoms with Gasteiger partial charge in [-0.05, 0) is 38.1 Å². The summed E-state index contributed by atoms with van der Waals surface area (Å²) < 4.78 is 7.05. The summed E-state index contributed by atoms with van der Waals surface area (Å²) in [5, 5.41) is 3.97. The van der Waals surface area contributed by atoms with Crippen molar-refractivity contribution in [1.29, 1.82) is 0 Å². The molecule has 1 aromatic carbocycles. The topological polar surface area (TPSA) is 60.0 Å². The van der Waals surface area contributed by atoms with Gasteiger partial charge in [0.05, 0.1) is 17.6 Å². The molecule has 1 fully saturated rings. The largest absolute Gasteiger partial charge is 0.343 e. The second kappa shape index (κ2) is 5.53. The van der Waals surface area contributed by atoms with E-state index in [-0.39, 0.29) is 0 Å². The fraction of sp³-hybridized carbons (Fsp3) is 0.438. The third kappa shape index (κ3) is 2.39. The molecular weight excluding hydrogens is 278 g/mol. The lowest BCUT2D eigenvalue weighted by Crippen LogP contribution is -2.33. The molecule has 1 saturated heterocycles. The highest BCUT2D eigenvalue weighted by Crippen LogP contribution is 2.26. The number of para-hydroxylation sites is 2. The van der Waals surface area contributed by atoms with Crippen LogP contribution in [-0.4, -0.2) is 37.7 Å². The number of piperidine rings is 1. The summed E-state index contributed by atoms with van der Waals surface area (Å²) in [6.07, 6.45) is 3.56. The maximum absolute atomic E-state index is 4.85. The lowest BCUT2D eigenvalue weighted by atomic mass is 9.96. The van der Waals surface area contributed by atoms with Gasteiger partial charge in [0.15, 0.2) is 5.82 Å². The number of rotatable bonds is 3. The summed E-state index contributed by atoms with van der Waals surface area (Å²) in [6.45, 7) is 2.98. The quantitative estimate of drug-likeness (QED) is 0.742. The summed E-state index contributed by atoms with van der Waals surface area (Å²) in [5.41, 5.74) is 2.26. The van der Waals surface area contributed by atoms with Gasteiger partial charge < -0.3 is 9.09 Å². The van der Waals surface area contributed by atoms with E-state index < -0.39 is 0 Å². The Morgan fingerprint density at radius 3 is 2.77 bits per heavy atom. The minimum Gasteiger partial charge on any atom is -0.343 e. The summed E-state index contributed by atoms with van der Waals surface area (Å²) in [5.74, 6) is 2.40.